The molecule has 0 amide bonds. The van der Waals surface area contributed by atoms with Gasteiger partial charge in [-0.1, -0.05) is 12.2 Å². The van der Waals surface area contributed by atoms with Crippen LogP contribution in [0.4, 0.5) is 0 Å². The van der Waals surface area contributed by atoms with E-state index in [2.05, 4.69) is 0 Å². The summed E-state index contributed by atoms with van der Waals surface area (Å²) in [5, 5.41) is 8.83. The van der Waals surface area contributed by atoms with Gasteiger partial charge in [0.25, 0.3) is 0 Å². The fourth-order valence-corrected chi connectivity index (χ4v) is 1.20. The maximum atomic E-state index is 10.9. The molecule has 0 aromatic rings. The standard InChI is InChI=1S/C11H14O3/c1-9-6-8-14-11(13)4-2-3-10(9)5-7-12/h2-4,6,12H,5,7-8H2,1H3/b4-2+,9-6+,10-3-. The molecule has 1 rings (SSSR count). The molecule has 3 nitrogen and oxygen atoms in total. The van der Waals surface area contributed by atoms with Gasteiger partial charge in [0, 0.05) is 12.7 Å². The molecular weight excluding hydrogens is 180 g/mol. The van der Waals surface area contributed by atoms with Crippen molar-refractivity contribution in [3.63, 3.8) is 0 Å². The number of aliphatic hydroxyl groups is 1. The molecule has 1 aliphatic heterocycles. The lowest BCUT2D eigenvalue weighted by atomic mass is 10.0. The van der Waals surface area contributed by atoms with Crippen LogP contribution < -0.4 is 0 Å². The summed E-state index contributed by atoms with van der Waals surface area (Å²) >= 11 is 0. The van der Waals surface area contributed by atoms with Crippen molar-refractivity contribution in [3.05, 3.63) is 35.5 Å². The third kappa shape index (κ3) is 3.18. The van der Waals surface area contributed by atoms with Crippen LogP contribution in [0.5, 0.6) is 0 Å². The van der Waals surface area contributed by atoms with Gasteiger partial charge in [0.1, 0.15) is 6.61 Å². The minimum absolute atomic E-state index is 0.111. The Morgan fingerprint density at radius 1 is 1.57 bits per heavy atom. The van der Waals surface area contributed by atoms with Crippen molar-refractivity contribution in [2.45, 2.75) is 13.3 Å². The van der Waals surface area contributed by atoms with Gasteiger partial charge in [-0.25, -0.2) is 4.79 Å². The summed E-state index contributed by atoms with van der Waals surface area (Å²) in [5.74, 6) is -0.337. The van der Waals surface area contributed by atoms with Crippen LogP contribution >= 0.6 is 0 Å². The second kappa shape index (κ2) is 5.40. The highest BCUT2D eigenvalue weighted by molar-refractivity contribution is 5.82. The molecule has 0 aromatic carbocycles. The Morgan fingerprint density at radius 3 is 3.07 bits per heavy atom. The number of aliphatic hydroxyl groups excluding tert-OH is 1. The Kier molecular flexibility index (Phi) is 4.13. The fourth-order valence-electron chi connectivity index (χ4n) is 1.20. The molecule has 1 heterocycles. The Labute approximate surface area is 83.4 Å². The second-order valence-electron chi connectivity index (χ2n) is 3.04. The molecule has 76 valence electrons. The molecule has 0 atom stereocenters. The average molecular weight is 194 g/mol. The molecule has 0 bridgehead atoms. The van der Waals surface area contributed by atoms with Crippen molar-refractivity contribution in [3.8, 4) is 0 Å². The molecular formula is C11H14O3. The molecule has 0 aromatic heterocycles. The summed E-state index contributed by atoms with van der Waals surface area (Å²) in [6, 6.07) is 0. The van der Waals surface area contributed by atoms with Gasteiger partial charge in [-0.15, -0.1) is 0 Å². The molecule has 0 saturated carbocycles. The first-order valence-electron chi connectivity index (χ1n) is 4.56. The van der Waals surface area contributed by atoms with E-state index in [0.29, 0.717) is 6.42 Å². The number of carbonyl (C=O) groups is 1. The SMILES string of the molecule is CC1=C\COC(=O)/C=C/C=C\1CCO. The van der Waals surface area contributed by atoms with Gasteiger partial charge in [-0.2, -0.15) is 0 Å². The summed E-state index contributed by atoms with van der Waals surface area (Å²) in [5.41, 5.74) is 2.07. The minimum atomic E-state index is -0.337. The van der Waals surface area contributed by atoms with Crippen molar-refractivity contribution >= 4 is 5.97 Å². The number of carbonyl (C=O) groups excluding carboxylic acids is 1. The summed E-state index contributed by atoms with van der Waals surface area (Å²) in [4.78, 5) is 10.9. The molecule has 3 heteroatoms. The number of rotatable bonds is 2. The molecule has 0 radical (unpaired) electrons. The number of cyclic esters (lactones) is 1. The number of hydrogen-bond acceptors (Lipinski definition) is 3. The summed E-state index contributed by atoms with van der Waals surface area (Å²) < 4.78 is 4.86. The van der Waals surface area contributed by atoms with Gasteiger partial charge in [0.15, 0.2) is 0 Å². The molecule has 0 unspecified atom stereocenters. The van der Waals surface area contributed by atoms with E-state index in [1.807, 2.05) is 19.1 Å². The van der Waals surface area contributed by atoms with E-state index in [1.165, 1.54) is 6.08 Å². The highest BCUT2D eigenvalue weighted by Crippen LogP contribution is 2.14. The smallest absolute Gasteiger partial charge is 0.331 e. The zero-order chi connectivity index (χ0) is 10.4. The first-order valence-corrected chi connectivity index (χ1v) is 4.56. The van der Waals surface area contributed by atoms with Crippen LogP contribution in [0.3, 0.4) is 0 Å². The van der Waals surface area contributed by atoms with E-state index >= 15 is 0 Å². The Hall–Kier alpha value is -1.35. The molecule has 0 aliphatic carbocycles. The van der Waals surface area contributed by atoms with Crippen molar-refractivity contribution < 1.29 is 14.6 Å². The van der Waals surface area contributed by atoms with Crippen molar-refractivity contribution in [1.29, 1.82) is 0 Å². The summed E-state index contributed by atoms with van der Waals surface area (Å²) in [6.07, 6.45) is 7.29. The van der Waals surface area contributed by atoms with Crippen molar-refractivity contribution in [1.82, 2.24) is 0 Å². The van der Waals surface area contributed by atoms with E-state index in [0.717, 1.165) is 11.1 Å². The first kappa shape index (κ1) is 10.7. The van der Waals surface area contributed by atoms with Gasteiger partial charge in [0.2, 0.25) is 0 Å². The Morgan fingerprint density at radius 2 is 2.36 bits per heavy atom. The minimum Gasteiger partial charge on any atom is -0.458 e. The third-order valence-corrected chi connectivity index (χ3v) is 2.03. The highest BCUT2D eigenvalue weighted by atomic mass is 16.5. The van der Waals surface area contributed by atoms with E-state index in [1.54, 1.807) is 6.08 Å². The van der Waals surface area contributed by atoms with Crippen LogP contribution in [-0.2, 0) is 9.53 Å². The lowest BCUT2D eigenvalue weighted by Crippen LogP contribution is -2.00. The molecule has 1 N–H and O–H groups in total. The maximum absolute atomic E-state index is 10.9. The molecule has 0 saturated heterocycles. The van der Waals surface area contributed by atoms with Gasteiger partial charge in [0.05, 0.1) is 0 Å². The second-order valence-corrected chi connectivity index (χ2v) is 3.04. The number of esters is 1. The van der Waals surface area contributed by atoms with Crippen LogP contribution in [0.1, 0.15) is 13.3 Å². The monoisotopic (exact) mass is 194 g/mol. The normalized spacial score (nSPS) is 27.1. The van der Waals surface area contributed by atoms with Crippen LogP contribution in [0.25, 0.3) is 0 Å². The molecule has 0 fully saturated rings. The third-order valence-electron chi connectivity index (χ3n) is 2.03. The zero-order valence-electron chi connectivity index (χ0n) is 8.19. The number of ether oxygens (including phenoxy) is 1. The van der Waals surface area contributed by atoms with E-state index < -0.39 is 0 Å². The molecule has 1 aliphatic rings. The van der Waals surface area contributed by atoms with E-state index in [9.17, 15) is 4.79 Å². The maximum Gasteiger partial charge on any atom is 0.331 e. The number of allylic oxidation sites excluding steroid dienone is 3. The largest absolute Gasteiger partial charge is 0.458 e. The van der Waals surface area contributed by atoms with Gasteiger partial charge < -0.3 is 9.84 Å². The predicted octanol–water partition coefficient (Wildman–Crippen LogP) is 1.35. The molecule has 14 heavy (non-hydrogen) atoms. The predicted molar refractivity (Wildman–Crippen MR) is 53.6 cm³/mol. The number of hydrogen-bond donors (Lipinski definition) is 1. The van der Waals surface area contributed by atoms with Crippen molar-refractivity contribution in [2.75, 3.05) is 13.2 Å². The van der Waals surface area contributed by atoms with Gasteiger partial charge >= 0.3 is 5.97 Å². The van der Waals surface area contributed by atoms with E-state index in [-0.39, 0.29) is 19.2 Å². The topological polar surface area (TPSA) is 46.5 Å². The van der Waals surface area contributed by atoms with Crippen LogP contribution in [-0.4, -0.2) is 24.3 Å². The molecule has 0 spiro atoms. The average Bonchev–Trinajstić information content (AvgIpc) is 2.21. The van der Waals surface area contributed by atoms with Crippen LogP contribution in [0.2, 0.25) is 0 Å². The van der Waals surface area contributed by atoms with E-state index in [4.69, 9.17) is 9.84 Å². The summed E-state index contributed by atoms with van der Waals surface area (Å²) in [7, 11) is 0. The Bertz CT molecular complexity index is 298. The summed E-state index contributed by atoms with van der Waals surface area (Å²) in [6.45, 7) is 2.34. The van der Waals surface area contributed by atoms with Crippen LogP contribution in [0.15, 0.2) is 35.5 Å². The quantitative estimate of drug-likeness (QED) is 0.675. The first-order chi connectivity index (χ1) is 6.74. The zero-order valence-corrected chi connectivity index (χ0v) is 8.19. The van der Waals surface area contributed by atoms with Crippen LogP contribution in [0, 0.1) is 0 Å². The lowest BCUT2D eigenvalue weighted by Gasteiger charge is -2.04. The fraction of sp³-hybridized carbons (Fsp3) is 0.364. The lowest BCUT2D eigenvalue weighted by molar-refractivity contribution is -0.136. The Balaban J connectivity index is 2.85. The van der Waals surface area contributed by atoms with Gasteiger partial charge in [-0.3, -0.25) is 0 Å². The highest BCUT2D eigenvalue weighted by Gasteiger charge is 2.02. The van der Waals surface area contributed by atoms with Crippen molar-refractivity contribution in [2.24, 2.45) is 0 Å². The van der Waals surface area contributed by atoms with Gasteiger partial charge in [-0.05, 0) is 30.6 Å².